The third kappa shape index (κ3) is 3.57. The lowest BCUT2D eigenvalue weighted by Gasteiger charge is -1.99. The topological polar surface area (TPSA) is 76.2 Å². The molecular weight excluding hydrogens is 264 g/mol. The molecule has 0 radical (unpaired) electrons. The van der Waals surface area contributed by atoms with Crippen molar-refractivity contribution in [3.05, 3.63) is 35.7 Å². The summed E-state index contributed by atoms with van der Waals surface area (Å²) in [7, 11) is 0. The van der Waals surface area contributed by atoms with Gasteiger partial charge in [-0.3, -0.25) is 0 Å². The summed E-state index contributed by atoms with van der Waals surface area (Å²) in [5, 5.41) is 13.2. The lowest BCUT2D eigenvalue weighted by atomic mass is 10.1. The number of aromatic nitrogens is 2. The van der Waals surface area contributed by atoms with Crippen LogP contribution in [0.15, 0.2) is 28.8 Å². The van der Waals surface area contributed by atoms with Crippen LogP contribution in [0.2, 0.25) is 0 Å². The van der Waals surface area contributed by atoms with Crippen LogP contribution in [0.25, 0.3) is 11.5 Å². The van der Waals surface area contributed by atoms with Gasteiger partial charge in [0.2, 0.25) is 0 Å². The number of carboxylic acids is 1. The maximum absolute atomic E-state index is 10.7. The van der Waals surface area contributed by atoms with Crippen LogP contribution in [0.3, 0.4) is 0 Å². The van der Waals surface area contributed by atoms with Crippen molar-refractivity contribution >= 4 is 17.7 Å². The summed E-state index contributed by atoms with van der Waals surface area (Å²) in [6, 6.07) is 6.36. The summed E-state index contributed by atoms with van der Waals surface area (Å²) in [4.78, 5) is 15.0. The van der Waals surface area contributed by atoms with E-state index in [0.717, 1.165) is 5.56 Å². The Morgan fingerprint density at radius 3 is 2.63 bits per heavy atom. The normalized spacial score (nSPS) is 10.9. The zero-order chi connectivity index (χ0) is 13.8. The molecule has 0 atom stereocenters. The van der Waals surface area contributed by atoms with E-state index in [4.69, 9.17) is 9.63 Å². The molecule has 6 heteroatoms. The molecule has 0 unspecified atom stereocenters. The van der Waals surface area contributed by atoms with Gasteiger partial charge < -0.3 is 9.63 Å². The highest BCUT2D eigenvalue weighted by Gasteiger charge is 2.10. The highest BCUT2D eigenvalue weighted by molar-refractivity contribution is 7.99. The highest BCUT2D eigenvalue weighted by atomic mass is 32.2. The number of carboxylic acid groups (broad SMARTS) is 1. The Morgan fingerprint density at radius 2 is 2.05 bits per heavy atom. The van der Waals surface area contributed by atoms with E-state index in [1.54, 1.807) is 23.9 Å². The molecule has 2 rings (SSSR count). The second-order valence-electron chi connectivity index (χ2n) is 4.26. The minimum atomic E-state index is -0.953. The van der Waals surface area contributed by atoms with E-state index in [-0.39, 0.29) is 5.56 Å². The van der Waals surface area contributed by atoms with Gasteiger partial charge in [-0.1, -0.05) is 19.0 Å². The van der Waals surface area contributed by atoms with E-state index >= 15 is 0 Å². The Labute approximate surface area is 115 Å². The van der Waals surface area contributed by atoms with E-state index < -0.39 is 5.97 Å². The monoisotopic (exact) mass is 278 g/mol. The van der Waals surface area contributed by atoms with Crippen molar-refractivity contribution in [1.29, 1.82) is 0 Å². The number of rotatable bonds is 5. The van der Waals surface area contributed by atoms with Crippen molar-refractivity contribution in [3.63, 3.8) is 0 Å². The zero-order valence-corrected chi connectivity index (χ0v) is 11.5. The molecule has 0 aliphatic heterocycles. The first-order valence-corrected chi connectivity index (χ1v) is 6.89. The first kappa shape index (κ1) is 13.6. The van der Waals surface area contributed by atoms with Crippen LogP contribution in [0.5, 0.6) is 0 Å². The molecular formula is C13H14N2O3S. The Hall–Kier alpha value is -1.82. The molecule has 0 amide bonds. The van der Waals surface area contributed by atoms with Gasteiger partial charge in [-0.05, 0) is 29.5 Å². The molecule has 0 aliphatic carbocycles. The Kier molecular flexibility index (Phi) is 4.21. The first-order chi connectivity index (χ1) is 9.06. The summed E-state index contributed by atoms with van der Waals surface area (Å²) >= 11 is 1.74. The fraction of sp³-hybridized carbons (Fsp3) is 0.308. The minimum absolute atomic E-state index is 0.235. The molecule has 1 aromatic carbocycles. The SMILES string of the molecule is CC(C)SCc1noc(-c2ccc(C(=O)O)cc2)n1. The van der Waals surface area contributed by atoms with Crippen molar-refractivity contribution in [2.75, 3.05) is 0 Å². The standard InChI is InChI=1S/C13H14N2O3S/c1-8(2)19-7-11-14-12(18-15-11)9-3-5-10(6-4-9)13(16)17/h3-6,8H,7H2,1-2H3,(H,16,17). The van der Waals surface area contributed by atoms with E-state index in [1.165, 1.54) is 12.1 Å². The third-order valence-electron chi connectivity index (χ3n) is 2.39. The molecule has 5 nitrogen and oxygen atoms in total. The maximum Gasteiger partial charge on any atom is 0.335 e. The predicted octanol–water partition coefficient (Wildman–Crippen LogP) is 3.08. The van der Waals surface area contributed by atoms with Gasteiger partial charge in [-0.15, -0.1) is 0 Å². The number of benzene rings is 1. The molecule has 2 aromatic rings. The fourth-order valence-corrected chi connectivity index (χ4v) is 2.03. The van der Waals surface area contributed by atoms with Crippen molar-refractivity contribution in [2.24, 2.45) is 0 Å². The number of aromatic carboxylic acids is 1. The average molecular weight is 278 g/mol. The summed E-state index contributed by atoms with van der Waals surface area (Å²) in [6.45, 7) is 4.21. The van der Waals surface area contributed by atoms with E-state index in [1.807, 2.05) is 0 Å². The van der Waals surface area contributed by atoms with E-state index in [0.29, 0.717) is 22.7 Å². The highest BCUT2D eigenvalue weighted by Crippen LogP contribution is 2.20. The van der Waals surface area contributed by atoms with Gasteiger partial charge in [0, 0.05) is 5.56 Å². The number of hydrogen-bond acceptors (Lipinski definition) is 5. The van der Waals surface area contributed by atoms with Crippen molar-refractivity contribution in [1.82, 2.24) is 10.1 Å². The van der Waals surface area contributed by atoms with Gasteiger partial charge in [0.05, 0.1) is 11.3 Å². The van der Waals surface area contributed by atoms with Gasteiger partial charge >= 0.3 is 5.97 Å². The molecule has 0 saturated heterocycles. The Balaban J connectivity index is 2.11. The Bertz CT molecular complexity index is 564. The van der Waals surface area contributed by atoms with Gasteiger partial charge in [-0.2, -0.15) is 16.7 Å². The molecule has 0 fully saturated rings. The molecule has 100 valence electrons. The number of hydrogen-bond donors (Lipinski definition) is 1. The average Bonchev–Trinajstić information content (AvgIpc) is 2.85. The molecule has 0 saturated carbocycles. The second-order valence-corrected chi connectivity index (χ2v) is 5.82. The smallest absolute Gasteiger partial charge is 0.335 e. The maximum atomic E-state index is 10.7. The lowest BCUT2D eigenvalue weighted by Crippen LogP contribution is -1.95. The van der Waals surface area contributed by atoms with Crippen LogP contribution in [0.4, 0.5) is 0 Å². The molecule has 1 heterocycles. The van der Waals surface area contributed by atoms with Crippen molar-refractivity contribution < 1.29 is 14.4 Å². The largest absolute Gasteiger partial charge is 0.478 e. The van der Waals surface area contributed by atoms with Crippen molar-refractivity contribution in [2.45, 2.75) is 24.9 Å². The lowest BCUT2D eigenvalue weighted by molar-refractivity contribution is 0.0697. The van der Waals surface area contributed by atoms with E-state index in [2.05, 4.69) is 24.0 Å². The Morgan fingerprint density at radius 1 is 1.37 bits per heavy atom. The first-order valence-electron chi connectivity index (χ1n) is 5.84. The fourth-order valence-electron chi connectivity index (χ4n) is 1.43. The van der Waals surface area contributed by atoms with Crippen LogP contribution >= 0.6 is 11.8 Å². The number of thioether (sulfide) groups is 1. The number of carbonyl (C=O) groups is 1. The summed E-state index contributed by atoms with van der Waals surface area (Å²) in [5.41, 5.74) is 0.956. The van der Waals surface area contributed by atoms with Crippen LogP contribution in [0.1, 0.15) is 30.0 Å². The molecule has 0 bridgehead atoms. The molecule has 0 aliphatic rings. The molecule has 1 aromatic heterocycles. The molecule has 0 spiro atoms. The van der Waals surface area contributed by atoms with Crippen LogP contribution < -0.4 is 0 Å². The number of nitrogens with zero attached hydrogens (tertiary/aromatic N) is 2. The van der Waals surface area contributed by atoms with Crippen molar-refractivity contribution in [3.8, 4) is 11.5 Å². The van der Waals surface area contributed by atoms with Gasteiger partial charge in [0.1, 0.15) is 0 Å². The third-order valence-corrected chi connectivity index (χ3v) is 3.48. The zero-order valence-electron chi connectivity index (χ0n) is 10.7. The predicted molar refractivity (Wildman–Crippen MR) is 73.1 cm³/mol. The van der Waals surface area contributed by atoms with Gasteiger partial charge in [0.15, 0.2) is 5.82 Å². The van der Waals surface area contributed by atoms with Crippen LogP contribution in [-0.4, -0.2) is 26.5 Å². The van der Waals surface area contributed by atoms with Gasteiger partial charge in [0.25, 0.3) is 5.89 Å². The van der Waals surface area contributed by atoms with E-state index in [9.17, 15) is 4.79 Å². The summed E-state index contributed by atoms with van der Waals surface area (Å²) in [5.74, 6) is 0.812. The second kappa shape index (κ2) is 5.88. The van der Waals surface area contributed by atoms with Crippen LogP contribution in [0, 0.1) is 0 Å². The molecule has 1 N–H and O–H groups in total. The molecule has 19 heavy (non-hydrogen) atoms. The minimum Gasteiger partial charge on any atom is -0.478 e. The summed E-state index contributed by atoms with van der Waals surface area (Å²) < 4.78 is 5.16. The quantitative estimate of drug-likeness (QED) is 0.905. The van der Waals surface area contributed by atoms with Gasteiger partial charge in [-0.25, -0.2) is 4.79 Å². The summed E-state index contributed by atoms with van der Waals surface area (Å²) in [6.07, 6.45) is 0. The van der Waals surface area contributed by atoms with Crippen LogP contribution in [-0.2, 0) is 5.75 Å².